The molecule has 2 nitrogen and oxygen atoms in total. The second-order valence-electron chi connectivity index (χ2n) is 4.68. The third-order valence-electron chi connectivity index (χ3n) is 3.54. The van der Waals surface area contributed by atoms with E-state index in [9.17, 15) is 0 Å². The van der Waals surface area contributed by atoms with E-state index in [4.69, 9.17) is 0 Å². The first-order chi connectivity index (χ1) is 7.93. The molecule has 1 aliphatic rings. The summed E-state index contributed by atoms with van der Waals surface area (Å²) in [5, 5.41) is 4.94. The second kappa shape index (κ2) is 4.30. The van der Waals surface area contributed by atoms with E-state index in [1.807, 2.05) is 6.20 Å². The topological polar surface area (TPSA) is 27.8 Å². The Labute approximate surface area is 96.1 Å². The fourth-order valence-corrected chi connectivity index (χ4v) is 2.60. The minimum atomic E-state index is 0.551. The van der Waals surface area contributed by atoms with Crippen LogP contribution in [0.25, 0.3) is 10.9 Å². The molecule has 0 saturated carbocycles. The van der Waals surface area contributed by atoms with E-state index in [2.05, 4.69) is 34.6 Å². The van der Waals surface area contributed by atoms with Crippen LogP contribution in [-0.4, -0.2) is 11.5 Å². The zero-order chi connectivity index (χ0) is 10.8. The van der Waals surface area contributed by atoms with Gasteiger partial charge in [-0.1, -0.05) is 25.0 Å². The molecule has 1 aliphatic heterocycles. The van der Waals surface area contributed by atoms with Gasteiger partial charge in [0.2, 0.25) is 0 Å². The first-order valence-electron chi connectivity index (χ1n) is 6.24. The third kappa shape index (κ3) is 1.85. The Morgan fingerprint density at radius 3 is 3.06 bits per heavy atom. The highest BCUT2D eigenvalue weighted by molar-refractivity contribution is 5.79. The molecule has 0 bridgehead atoms. The zero-order valence-electron chi connectivity index (χ0n) is 9.50. The van der Waals surface area contributed by atoms with Gasteiger partial charge in [-0.05, 0) is 42.5 Å². The van der Waals surface area contributed by atoms with Gasteiger partial charge < -0.3 is 10.3 Å². The number of benzene rings is 1. The first-order valence-corrected chi connectivity index (χ1v) is 6.24. The number of nitrogens with one attached hydrogen (secondary N) is 2. The van der Waals surface area contributed by atoms with Crippen LogP contribution in [0.2, 0.25) is 0 Å². The van der Waals surface area contributed by atoms with Crippen LogP contribution in [-0.2, 0) is 0 Å². The molecule has 1 aromatic heterocycles. The highest BCUT2D eigenvalue weighted by Crippen LogP contribution is 2.25. The Morgan fingerprint density at radius 1 is 1.06 bits per heavy atom. The molecule has 0 radical (unpaired) electrons. The summed E-state index contributed by atoms with van der Waals surface area (Å²) in [7, 11) is 0. The third-order valence-corrected chi connectivity index (χ3v) is 3.54. The maximum atomic E-state index is 3.64. The molecule has 84 valence electrons. The largest absolute Gasteiger partial charge is 0.361 e. The molecular weight excluding hydrogens is 196 g/mol. The zero-order valence-corrected chi connectivity index (χ0v) is 9.50. The van der Waals surface area contributed by atoms with Gasteiger partial charge in [0.1, 0.15) is 0 Å². The second-order valence-corrected chi connectivity index (χ2v) is 4.68. The minimum absolute atomic E-state index is 0.551. The molecule has 0 aliphatic carbocycles. The van der Waals surface area contributed by atoms with Gasteiger partial charge in [-0.25, -0.2) is 0 Å². The fourth-order valence-electron chi connectivity index (χ4n) is 2.60. The van der Waals surface area contributed by atoms with Crippen molar-refractivity contribution in [2.75, 3.05) is 6.54 Å². The van der Waals surface area contributed by atoms with E-state index in [1.165, 1.54) is 42.1 Å². The molecule has 1 aromatic carbocycles. The number of aromatic nitrogens is 1. The van der Waals surface area contributed by atoms with Crippen molar-refractivity contribution >= 4 is 10.9 Å². The van der Waals surface area contributed by atoms with Crippen molar-refractivity contribution in [1.29, 1.82) is 0 Å². The lowest BCUT2D eigenvalue weighted by molar-refractivity contribution is 0.535. The van der Waals surface area contributed by atoms with E-state index in [-0.39, 0.29) is 0 Å². The molecule has 1 atom stereocenters. The summed E-state index contributed by atoms with van der Waals surface area (Å²) in [6.45, 7) is 1.16. The SMILES string of the molecule is c1cc2ccc(C3CCCCCN3)cc2[nH]1. The Hall–Kier alpha value is -1.28. The van der Waals surface area contributed by atoms with Crippen molar-refractivity contribution < 1.29 is 0 Å². The number of hydrogen-bond acceptors (Lipinski definition) is 1. The van der Waals surface area contributed by atoms with Crippen LogP contribution in [0, 0.1) is 0 Å². The van der Waals surface area contributed by atoms with Gasteiger partial charge in [-0.3, -0.25) is 0 Å². The van der Waals surface area contributed by atoms with E-state index in [1.54, 1.807) is 0 Å². The predicted octanol–water partition coefficient (Wildman–Crippen LogP) is 3.37. The number of aromatic amines is 1. The molecule has 2 heterocycles. The molecule has 0 amide bonds. The maximum absolute atomic E-state index is 3.64. The van der Waals surface area contributed by atoms with Crippen LogP contribution in [0.5, 0.6) is 0 Å². The van der Waals surface area contributed by atoms with Crippen molar-refractivity contribution in [2.45, 2.75) is 31.7 Å². The number of fused-ring (bicyclic) bond motifs is 1. The molecule has 1 unspecified atom stereocenters. The molecule has 1 fully saturated rings. The number of rotatable bonds is 1. The normalized spacial score (nSPS) is 22.1. The van der Waals surface area contributed by atoms with Crippen LogP contribution in [0.15, 0.2) is 30.5 Å². The van der Waals surface area contributed by atoms with Gasteiger partial charge in [-0.2, -0.15) is 0 Å². The van der Waals surface area contributed by atoms with Gasteiger partial charge in [0.25, 0.3) is 0 Å². The number of H-pyrrole nitrogens is 1. The van der Waals surface area contributed by atoms with E-state index < -0.39 is 0 Å². The maximum Gasteiger partial charge on any atom is 0.0457 e. The van der Waals surface area contributed by atoms with E-state index in [0.717, 1.165) is 6.54 Å². The van der Waals surface area contributed by atoms with Crippen LogP contribution in [0.3, 0.4) is 0 Å². The van der Waals surface area contributed by atoms with Gasteiger partial charge in [0.15, 0.2) is 0 Å². The summed E-state index contributed by atoms with van der Waals surface area (Å²) >= 11 is 0. The molecular formula is C14H18N2. The van der Waals surface area contributed by atoms with E-state index in [0.29, 0.717) is 6.04 Å². The molecule has 2 heteroatoms. The Bertz CT molecular complexity index is 464. The monoisotopic (exact) mass is 214 g/mol. The molecule has 0 spiro atoms. The smallest absolute Gasteiger partial charge is 0.0457 e. The number of hydrogen-bond donors (Lipinski definition) is 2. The molecule has 2 aromatic rings. The van der Waals surface area contributed by atoms with Gasteiger partial charge >= 0.3 is 0 Å². The Morgan fingerprint density at radius 2 is 2.06 bits per heavy atom. The molecule has 2 N–H and O–H groups in total. The summed E-state index contributed by atoms with van der Waals surface area (Å²) < 4.78 is 0. The summed E-state index contributed by atoms with van der Waals surface area (Å²) in [5.74, 6) is 0. The molecule has 16 heavy (non-hydrogen) atoms. The highest BCUT2D eigenvalue weighted by atomic mass is 14.9. The van der Waals surface area contributed by atoms with Crippen molar-refractivity contribution in [3.63, 3.8) is 0 Å². The van der Waals surface area contributed by atoms with Crippen LogP contribution in [0.4, 0.5) is 0 Å². The average Bonchev–Trinajstić information content (AvgIpc) is 2.61. The summed E-state index contributed by atoms with van der Waals surface area (Å²) in [5.41, 5.74) is 2.68. The lowest BCUT2D eigenvalue weighted by Crippen LogP contribution is -2.20. The molecule has 1 saturated heterocycles. The fraction of sp³-hybridized carbons (Fsp3) is 0.429. The lowest BCUT2D eigenvalue weighted by Gasteiger charge is -2.16. The van der Waals surface area contributed by atoms with Crippen LogP contribution in [0.1, 0.15) is 37.3 Å². The predicted molar refractivity (Wildman–Crippen MR) is 67.5 cm³/mol. The Balaban J connectivity index is 1.91. The summed E-state index contributed by atoms with van der Waals surface area (Å²) in [4.78, 5) is 3.29. The lowest BCUT2D eigenvalue weighted by atomic mass is 10.0. The van der Waals surface area contributed by atoms with Gasteiger partial charge in [0.05, 0.1) is 0 Å². The average molecular weight is 214 g/mol. The van der Waals surface area contributed by atoms with Gasteiger partial charge in [0, 0.05) is 17.8 Å². The van der Waals surface area contributed by atoms with Crippen molar-refractivity contribution in [3.8, 4) is 0 Å². The summed E-state index contributed by atoms with van der Waals surface area (Å²) in [6, 6.07) is 9.44. The Kier molecular flexibility index (Phi) is 2.66. The first kappa shape index (κ1) is 9.91. The quantitative estimate of drug-likeness (QED) is 0.748. The van der Waals surface area contributed by atoms with Crippen molar-refractivity contribution in [3.05, 3.63) is 36.0 Å². The van der Waals surface area contributed by atoms with Gasteiger partial charge in [-0.15, -0.1) is 0 Å². The highest BCUT2D eigenvalue weighted by Gasteiger charge is 2.13. The van der Waals surface area contributed by atoms with Crippen LogP contribution < -0.4 is 5.32 Å². The van der Waals surface area contributed by atoms with Crippen LogP contribution >= 0.6 is 0 Å². The van der Waals surface area contributed by atoms with E-state index >= 15 is 0 Å². The summed E-state index contributed by atoms with van der Waals surface area (Å²) in [6.07, 6.45) is 7.32. The van der Waals surface area contributed by atoms with Crippen molar-refractivity contribution in [1.82, 2.24) is 10.3 Å². The standard InChI is InChI=1S/C14H18N2/c1-2-4-13(15-8-3-1)12-6-5-11-7-9-16-14(11)10-12/h5-7,9-10,13,15-16H,1-4,8H2. The molecule has 3 rings (SSSR count). The minimum Gasteiger partial charge on any atom is -0.361 e. The van der Waals surface area contributed by atoms with Crippen molar-refractivity contribution in [2.24, 2.45) is 0 Å².